The molecule has 0 saturated carbocycles. The van der Waals surface area contributed by atoms with E-state index in [9.17, 15) is 9.65 Å². The number of halogens is 1. The first-order valence-corrected chi connectivity index (χ1v) is 9.73. The van der Waals surface area contributed by atoms with Crippen molar-refractivity contribution < 1.29 is 9.13 Å². The zero-order chi connectivity index (χ0) is 21.5. The van der Waals surface area contributed by atoms with Crippen LogP contribution in [0.1, 0.15) is 22.4 Å². The van der Waals surface area contributed by atoms with E-state index in [0.29, 0.717) is 47.3 Å². The molecule has 0 bridgehead atoms. The van der Waals surface area contributed by atoms with E-state index in [0.717, 1.165) is 16.7 Å². The van der Waals surface area contributed by atoms with Gasteiger partial charge in [0.25, 0.3) is 0 Å². The number of nitrogens with zero attached hydrogens (tertiary/aromatic N) is 5. The van der Waals surface area contributed by atoms with Crippen LogP contribution < -0.4 is 15.8 Å². The number of benzene rings is 1. The van der Waals surface area contributed by atoms with Gasteiger partial charge in [0.05, 0.1) is 12.8 Å². The number of nitriles is 1. The fourth-order valence-corrected chi connectivity index (χ4v) is 3.77. The summed E-state index contributed by atoms with van der Waals surface area (Å²) in [4.78, 5) is 13.1. The second kappa shape index (κ2) is 7.25. The summed E-state index contributed by atoms with van der Waals surface area (Å²) in [6, 6.07) is 7.03. The molecule has 0 radical (unpaired) electrons. The van der Waals surface area contributed by atoms with Crippen LogP contribution in [-0.4, -0.2) is 26.0 Å². The molecule has 0 unspecified atom stereocenters. The van der Waals surface area contributed by atoms with E-state index >= 15 is 0 Å². The molecule has 4 aromatic rings. The van der Waals surface area contributed by atoms with Crippen molar-refractivity contribution >= 4 is 17.4 Å². The quantitative estimate of drug-likeness (QED) is 0.526. The van der Waals surface area contributed by atoms with Crippen LogP contribution in [0.5, 0.6) is 5.75 Å². The van der Waals surface area contributed by atoms with E-state index in [2.05, 4.69) is 26.3 Å². The summed E-state index contributed by atoms with van der Waals surface area (Å²) < 4.78 is 21.7. The molecule has 3 aromatic heterocycles. The Balaban J connectivity index is 1.55. The topological polar surface area (TPSA) is 114 Å². The Morgan fingerprint density at radius 2 is 2.19 bits per heavy atom. The van der Waals surface area contributed by atoms with E-state index in [1.807, 2.05) is 13.0 Å². The maximum atomic E-state index is 14.5. The predicted molar refractivity (Wildman–Crippen MR) is 113 cm³/mol. The molecule has 0 fully saturated rings. The number of aromatic nitrogens is 4. The molecule has 0 spiro atoms. The molecular formula is C22H18FN7O. The third-order valence-corrected chi connectivity index (χ3v) is 5.40. The number of nitrogens with two attached hydrogens (primary N) is 1. The van der Waals surface area contributed by atoms with Gasteiger partial charge in [-0.1, -0.05) is 0 Å². The molecule has 8 nitrogen and oxygen atoms in total. The molecule has 9 heteroatoms. The Hall–Kier alpha value is -4.19. The molecule has 154 valence electrons. The minimum absolute atomic E-state index is 0.225. The van der Waals surface area contributed by atoms with Gasteiger partial charge >= 0.3 is 0 Å². The van der Waals surface area contributed by atoms with E-state index in [1.54, 1.807) is 29.1 Å². The van der Waals surface area contributed by atoms with Crippen molar-refractivity contribution in [3.8, 4) is 22.9 Å². The predicted octanol–water partition coefficient (Wildman–Crippen LogP) is 3.24. The average Bonchev–Trinajstić information content (AvgIpc) is 3.42. The van der Waals surface area contributed by atoms with Crippen LogP contribution >= 0.6 is 0 Å². The minimum atomic E-state index is -0.295. The lowest BCUT2D eigenvalue weighted by atomic mass is 10.0. The summed E-state index contributed by atoms with van der Waals surface area (Å²) in [7, 11) is 0. The SMILES string of the molecule is Cc1cc(-c2cnc(NCc3c(F)ccc4c3CCO4)n3cc(C#N)nc23)cnc1N. The highest BCUT2D eigenvalue weighted by Crippen LogP contribution is 2.31. The van der Waals surface area contributed by atoms with Gasteiger partial charge in [-0.05, 0) is 30.7 Å². The average molecular weight is 415 g/mol. The minimum Gasteiger partial charge on any atom is -0.493 e. The van der Waals surface area contributed by atoms with Crippen LogP contribution in [0.4, 0.5) is 16.2 Å². The maximum absolute atomic E-state index is 14.5. The lowest BCUT2D eigenvalue weighted by Gasteiger charge is -2.13. The molecule has 4 heterocycles. The summed E-state index contributed by atoms with van der Waals surface area (Å²) in [5, 5.41) is 12.5. The van der Waals surface area contributed by atoms with Crippen molar-refractivity contribution in [1.82, 2.24) is 19.4 Å². The Bertz CT molecular complexity index is 1370. The first kappa shape index (κ1) is 18.8. The number of pyridine rings is 1. The van der Waals surface area contributed by atoms with Crippen molar-refractivity contribution in [3.05, 3.63) is 65.0 Å². The Morgan fingerprint density at radius 3 is 3.00 bits per heavy atom. The monoisotopic (exact) mass is 415 g/mol. The highest BCUT2D eigenvalue weighted by molar-refractivity contribution is 5.79. The molecule has 0 amide bonds. The molecule has 0 saturated heterocycles. The Morgan fingerprint density at radius 1 is 1.32 bits per heavy atom. The first-order valence-electron chi connectivity index (χ1n) is 9.73. The lowest BCUT2D eigenvalue weighted by Crippen LogP contribution is -2.09. The zero-order valence-electron chi connectivity index (χ0n) is 16.7. The molecule has 31 heavy (non-hydrogen) atoms. The van der Waals surface area contributed by atoms with Crippen LogP contribution in [0, 0.1) is 24.1 Å². The molecular weight excluding hydrogens is 397 g/mol. The second-order valence-corrected chi connectivity index (χ2v) is 7.31. The Kier molecular flexibility index (Phi) is 4.40. The number of imidazole rings is 1. The first-order chi connectivity index (χ1) is 15.0. The highest BCUT2D eigenvalue weighted by Gasteiger charge is 2.20. The number of rotatable bonds is 4. The van der Waals surface area contributed by atoms with Gasteiger partial charge in [-0.2, -0.15) is 5.26 Å². The Labute approximate surface area is 177 Å². The van der Waals surface area contributed by atoms with Crippen LogP contribution in [0.2, 0.25) is 0 Å². The van der Waals surface area contributed by atoms with Gasteiger partial charge in [0, 0.05) is 47.6 Å². The van der Waals surface area contributed by atoms with Crippen molar-refractivity contribution in [2.24, 2.45) is 0 Å². The third-order valence-electron chi connectivity index (χ3n) is 5.40. The van der Waals surface area contributed by atoms with Crippen molar-refractivity contribution in [2.45, 2.75) is 19.9 Å². The molecule has 5 rings (SSSR count). The van der Waals surface area contributed by atoms with Crippen LogP contribution in [0.3, 0.4) is 0 Å². The van der Waals surface area contributed by atoms with Crippen molar-refractivity contribution in [3.63, 3.8) is 0 Å². The van der Waals surface area contributed by atoms with Gasteiger partial charge < -0.3 is 15.8 Å². The summed E-state index contributed by atoms with van der Waals surface area (Å²) in [6.07, 6.45) is 5.57. The van der Waals surface area contributed by atoms with Crippen molar-refractivity contribution in [1.29, 1.82) is 5.26 Å². The fraction of sp³-hybridized carbons (Fsp3) is 0.182. The molecule has 0 atom stereocenters. The second-order valence-electron chi connectivity index (χ2n) is 7.31. The van der Waals surface area contributed by atoms with Crippen LogP contribution in [-0.2, 0) is 13.0 Å². The van der Waals surface area contributed by atoms with Gasteiger partial charge in [0.2, 0.25) is 5.95 Å². The van der Waals surface area contributed by atoms with Gasteiger partial charge in [0.1, 0.15) is 23.5 Å². The lowest BCUT2D eigenvalue weighted by molar-refractivity contribution is 0.356. The van der Waals surface area contributed by atoms with Crippen LogP contribution in [0.25, 0.3) is 16.8 Å². The summed E-state index contributed by atoms with van der Waals surface area (Å²) >= 11 is 0. The summed E-state index contributed by atoms with van der Waals surface area (Å²) in [6.45, 7) is 2.64. The number of anilines is 2. The van der Waals surface area contributed by atoms with Crippen molar-refractivity contribution in [2.75, 3.05) is 17.7 Å². The van der Waals surface area contributed by atoms with Gasteiger partial charge in [-0.15, -0.1) is 0 Å². The van der Waals surface area contributed by atoms with E-state index in [1.165, 1.54) is 6.07 Å². The van der Waals surface area contributed by atoms with Gasteiger partial charge in [-0.3, -0.25) is 4.40 Å². The smallest absolute Gasteiger partial charge is 0.208 e. The van der Waals surface area contributed by atoms with Crippen LogP contribution in [0.15, 0.2) is 36.8 Å². The number of hydrogen-bond acceptors (Lipinski definition) is 7. The number of fused-ring (bicyclic) bond motifs is 2. The standard InChI is InChI=1S/C22H18FN7O/c1-12-6-13(8-26-20(12)25)16-9-27-22(30-11-14(7-24)29-21(16)30)28-10-17-15-4-5-31-19(15)3-2-18(17)23/h2-3,6,8-9,11H,4-5,10H2,1H3,(H2,25,26)(H,27,28). The van der Waals surface area contributed by atoms with E-state index in [-0.39, 0.29) is 18.1 Å². The number of ether oxygens (including phenoxy) is 1. The zero-order valence-corrected chi connectivity index (χ0v) is 16.7. The molecule has 3 N–H and O–H groups in total. The maximum Gasteiger partial charge on any atom is 0.208 e. The number of hydrogen-bond donors (Lipinski definition) is 2. The highest BCUT2D eigenvalue weighted by atomic mass is 19.1. The fourth-order valence-electron chi connectivity index (χ4n) is 3.77. The van der Waals surface area contributed by atoms with Gasteiger partial charge in [0.15, 0.2) is 11.3 Å². The summed E-state index contributed by atoms with van der Waals surface area (Å²) in [5.74, 6) is 1.32. The molecule has 1 aromatic carbocycles. The summed E-state index contributed by atoms with van der Waals surface area (Å²) in [5.41, 5.74) is 10.4. The third kappa shape index (κ3) is 3.18. The van der Waals surface area contributed by atoms with E-state index in [4.69, 9.17) is 10.5 Å². The number of aryl methyl sites for hydroxylation is 1. The van der Waals surface area contributed by atoms with Gasteiger partial charge in [-0.25, -0.2) is 19.3 Å². The largest absolute Gasteiger partial charge is 0.493 e. The number of nitrogen functional groups attached to an aromatic ring is 1. The molecule has 0 aliphatic carbocycles. The molecule has 1 aliphatic rings. The molecule has 1 aliphatic heterocycles. The normalized spacial score (nSPS) is 12.4. The van der Waals surface area contributed by atoms with E-state index < -0.39 is 0 Å². The number of nitrogens with one attached hydrogen (secondary N) is 1.